The summed E-state index contributed by atoms with van der Waals surface area (Å²) < 4.78 is 5.14. The number of hydrogen-bond acceptors (Lipinski definition) is 4. The van der Waals surface area contributed by atoms with Crippen molar-refractivity contribution in [3.8, 4) is 11.5 Å². The Balaban J connectivity index is 0.000000606. The number of phenols is 1. The van der Waals surface area contributed by atoms with Crippen LogP contribution in [0.1, 0.15) is 19.6 Å². The molecule has 0 aliphatic carbocycles. The highest BCUT2D eigenvalue weighted by Gasteiger charge is 2.09. The van der Waals surface area contributed by atoms with Crippen molar-refractivity contribution in [3.05, 3.63) is 34.2 Å². The Kier molecular flexibility index (Phi) is 3.55. The first-order valence-electron chi connectivity index (χ1n) is 5.05. The van der Waals surface area contributed by atoms with Gasteiger partial charge in [-0.25, -0.2) is 0 Å². The molecule has 0 bridgehead atoms. The van der Waals surface area contributed by atoms with Crippen LogP contribution < -0.4 is 5.43 Å². The first-order valence-corrected chi connectivity index (χ1v) is 5.05. The van der Waals surface area contributed by atoms with E-state index in [1.54, 1.807) is 0 Å². The summed E-state index contributed by atoms with van der Waals surface area (Å²) in [5.41, 5.74) is -0.214. The van der Waals surface area contributed by atoms with E-state index < -0.39 is 5.43 Å². The zero-order valence-electron chi connectivity index (χ0n) is 9.44. The van der Waals surface area contributed by atoms with Gasteiger partial charge in [0.05, 0.1) is 5.39 Å². The average molecular weight is 222 g/mol. The molecule has 0 spiro atoms. The summed E-state index contributed by atoms with van der Waals surface area (Å²) in [4.78, 5) is 11.5. The average Bonchev–Trinajstić information content (AvgIpc) is 2.28. The number of fused-ring (bicyclic) bond motifs is 1. The van der Waals surface area contributed by atoms with Gasteiger partial charge in [-0.2, -0.15) is 0 Å². The Morgan fingerprint density at radius 3 is 2.44 bits per heavy atom. The monoisotopic (exact) mass is 222 g/mol. The highest BCUT2D eigenvalue weighted by molar-refractivity contribution is 5.79. The maximum absolute atomic E-state index is 11.5. The lowest BCUT2D eigenvalue weighted by molar-refractivity contribution is 0.426. The molecule has 4 heteroatoms. The van der Waals surface area contributed by atoms with Crippen LogP contribution in [-0.4, -0.2) is 10.2 Å². The van der Waals surface area contributed by atoms with Gasteiger partial charge in [0, 0.05) is 6.07 Å². The predicted molar refractivity (Wildman–Crippen MR) is 61.9 cm³/mol. The van der Waals surface area contributed by atoms with E-state index in [9.17, 15) is 9.90 Å². The van der Waals surface area contributed by atoms with E-state index in [1.165, 1.54) is 25.1 Å². The molecular weight excluding hydrogens is 208 g/mol. The van der Waals surface area contributed by atoms with Crippen molar-refractivity contribution in [1.82, 2.24) is 0 Å². The molecule has 0 atom stereocenters. The summed E-state index contributed by atoms with van der Waals surface area (Å²) >= 11 is 0. The van der Waals surface area contributed by atoms with Crippen LogP contribution in [0.5, 0.6) is 11.5 Å². The topological polar surface area (TPSA) is 70.7 Å². The molecule has 2 N–H and O–H groups in total. The number of aryl methyl sites for hydroxylation is 1. The largest absolute Gasteiger partial charge is 0.508 e. The van der Waals surface area contributed by atoms with E-state index in [-0.39, 0.29) is 28.2 Å². The van der Waals surface area contributed by atoms with Gasteiger partial charge < -0.3 is 14.6 Å². The highest BCUT2D eigenvalue weighted by Crippen LogP contribution is 2.22. The van der Waals surface area contributed by atoms with Gasteiger partial charge in [0.2, 0.25) is 11.2 Å². The van der Waals surface area contributed by atoms with Crippen LogP contribution in [0.15, 0.2) is 27.4 Å². The summed E-state index contributed by atoms with van der Waals surface area (Å²) in [5.74, 6) is -0.220. The standard InChI is InChI=1S/C10H8O4.C2H6/c1-5-9(12)10(13)7-3-2-6(11)4-8(7)14-5;1-2/h2-4,11-12H,1H3;1-2H3. The minimum Gasteiger partial charge on any atom is -0.508 e. The smallest absolute Gasteiger partial charge is 0.234 e. The SMILES string of the molecule is CC.Cc1oc2cc(O)ccc2c(=O)c1O. The fourth-order valence-electron chi connectivity index (χ4n) is 1.28. The number of benzene rings is 1. The third kappa shape index (κ3) is 2.00. The maximum Gasteiger partial charge on any atom is 0.234 e. The zero-order valence-corrected chi connectivity index (χ0v) is 9.44. The van der Waals surface area contributed by atoms with Gasteiger partial charge in [0.25, 0.3) is 0 Å². The number of hydrogen-bond donors (Lipinski definition) is 2. The van der Waals surface area contributed by atoms with Gasteiger partial charge in [0.1, 0.15) is 17.1 Å². The molecule has 0 aliphatic rings. The van der Waals surface area contributed by atoms with Crippen LogP contribution in [-0.2, 0) is 0 Å². The van der Waals surface area contributed by atoms with Crippen molar-refractivity contribution in [3.63, 3.8) is 0 Å². The molecule has 0 aliphatic heterocycles. The van der Waals surface area contributed by atoms with E-state index in [2.05, 4.69) is 0 Å². The minimum absolute atomic E-state index is 0.0192. The molecule has 16 heavy (non-hydrogen) atoms. The summed E-state index contributed by atoms with van der Waals surface area (Å²) in [7, 11) is 0. The molecule has 0 saturated heterocycles. The molecule has 2 rings (SSSR count). The molecule has 1 heterocycles. The Morgan fingerprint density at radius 1 is 1.19 bits per heavy atom. The van der Waals surface area contributed by atoms with Crippen LogP contribution in [0.2, 0.25) is 0 Å². The van der Waals surface area contributed by atoms with Crippen LogP contribution in [0.25, 0.3) is 11.0 Å². The van der Waals surface area contributed by atoms with Crippen molar-refractivity contribution in [2.45, 2.75) is 20.8 Å². The third-order valence-corrected chi connectivity index (χ3v) is 2.02. The summed E-state index contributed by atoms with van der Waals surface area (Å²) in [5, 5.41) is 18.7. The summed E-state index contributed by atoms with van der Waals surface area (Å²) in [6.45, 7) is 5.49. The predicted octanol–water partition coefficient (Wildman–Crippen LogP) is 2.54. The fourth-order valence-corrected chi connectivity index (χ4v) is 1.28. The molecule has 0 radical (unpaired) electrons. The van der Waals surface area contributed by atoms with Crippen LogP contribution in [0.4, 0.5) is 0 Å². The Morgan fingerprint density at radius 2 is 1.81 bits per heavy atom. The van der Waals surface area contributed by atoms with Crippen LogP contribution in [0.3, 0.4) is 0 Å². The van der Waals surface area contributed by atoms with E-state index in [1.807, 2.05) is 13.8 Å². The first-order chi connectivity index (χ1) is 7.59. The van der Waals surface area contributed by atoms with Crippen molar-refractivity contribution in [2.24, 2.45) is 0 Å². The number of phenolic OH excluding ortho intramolecular Hbond substituents is 1. The van der Waals surface area contributed by atoms with Gasteiger partial charge in [-0.3, -0.25) is 4.79 Å². The van der Waals surface area contributed by atoms with Gasteiger partial charge in [0.15, 0.2) is 0 Å². The molecule has 1 aromatic carbocycles. The molecule has 0 fully saturated rings. The molecule has 2 aromatic rings. The lowest BCUT2D eigenvalue weighted by Gasteiger charge is -2.01. The molecule has 1 aromatic heterocycles. The van der Waals surface area contributed by atoms with Gasteiger partial charge in [-0.05, 0) is 19.1 Å². The van der Waals surface area contributed by atoms with Gasteiger partial charge in [-0.15, -0.1) is 0 Å². The lowest BCUT2D eigenvalue weighted by atomic mass is 10.2. The van der Waals surface area contributed by atoms with Crippen molar-refractivity contribution in [2.75, 3.05) is 0 Å². The lowest BCUT2D eigenvalue weighted by Crippen LogP contribution is -2.01. The quantitative estimate of drug-likeness (QED) is 0.718. The second kappa shape index (κ2) is 4.70. The van der Waals surface area contributed by atoms with Crippen molar-refractivity contribution in [1.29, 1.82) is 0 Å². The minimum atomic E-state index is -0.483. The zero-order chi connectivity index (χ0) is 12.3. The Hall–Kier alpha value is -1.97. The fraction of sp³-hybridized carbons (Fsp3) is 0.250. The Labute approximate surface area is 92.8 Å². The maximum atomic E-state index is 11.5. The van der Waals surface area contributed by atoms with Crippen molar-refractivity contribution < 1.29 is 14.6 Å². The van der Waals surface area contributed by atoms with Crippen LogP contribution >= 0.6 is 0 Å². The highest BCUT2D eigenvalue weighted by atomic mass is 16.4. The Bertz CT molecular complexity index is 555. The molecular formula is C12H14O4. The second-order valence-corrected chi connectivity index (χ2v) is 3.02. The summed E-state index contributed by atoms with van der Waals surface area (Å²) in [6.07, 6.45) is 0. The second-order valence-electron chi connectivity index (χ2n) is 3.02. The number of rotatable bonds is 0. The number of aromatic hydroxyl groups is 2. The van der Waals surface area contributed by atoms with Crippen molar-refractivity contribution >= 4 is 11.0 Å². The third-order valence-electron chi connectivity index (χ3n) is 2.02. The van der Waals surface area contributed by atoms with E-state index in [4.69, 9.17) is 9.52 Å². The first kappa shape index (κ1) is 12.1. The molecule has 86 valence electrons. The molecule has 0 unspecified atom stereocenters. The van der Waals surface area contributed by atoms with Gasteiger partial charge in [-0.1, -0.05) is 13.8 Å². The normalized spacial score (nSPS) is 9.69. The van der Waals surface area contributed by atoms with E-state index >= 15 is 0 Å². The molecule has 0 amide bonds. The van der Waals surface area contributed by atoms with Crippen LogP contribution in [0, 0.1) is 6.92 Å². The molecule has 0 saturated carbocycles. The molecule has 4 nitrogen and oxygen atoms in total. The van der Waals surface area contributed by atoms with E-state index in [0.717, 1.165) is 0 Å². The van der Waals surface area contributed by atoms with Gasteiger partial charge >= 0.3 is 0 Å². The van der Waals surface area contributed by atoms with E-state index in [0.29, 0.717) is 0 Å². The summed E-state index contributed by atoms with van der Waals surface area (Å²) in [6, 6.07) is 4.12.